The maximum Gasteiger partial charge on any atom is 0.221 e. The van der Waals surface area contributed by atoms with Crippen LogP contribution in [0.4, 0.5) is 0 Å². The van der Waals surface area contributed by atoms with Crippen LogP contribution in [0.25, 0.3) is 0 Å². The van der Waals surface area contributed by atoms with Crippen LogP contribution in [0.15, 0.2) is 10.6 Å². The summed E-state index contributed by atoms with van der Waals surface area (Å²) in [6.07, 6.45) is 3.67. The van der Waals surface area contributed by atoms with Crippen LogP contribution in [0.1, 0.15) is 52.2 Å². The quantitative estimate of drug-likeness (QED) is 0.919. The second-order valence-corrected chi connectivity index (χ2v) is 6.82. The van der Waals surface area contributed by atoms with Gasteiger partial charge in [0.2, 0.25) is 11.8 Å². The second kappa shape index (κ2) is 5.56. The predicted molar refractivity (Wildman–Crippen MR) is 77.0 cm³/mol. The van der Waals surface area contributed by atoms with Crippen LogP contribution in [0.5, 0.6) is 0 Å². The maximum absolute atomic E-state index is 11.4. The average molecular weight is 279 g/mol. The first kappa shape index (κ1) is 15.0. The first-order valence-electron chi connectivity index (χ1n) is 7.26. The van der Waals surface area contributed by atoms with Crippen molar-refractivity contribution in [1.82, 2.24) is 9.88 Å². The fraction of sp³-hybridized carbons (Fsp3) is 0.733. The Morgan fingerprint density at radius 2 is 2.20 bits per heavy atom. The van der Waals surface area contributed by atoms with Gasteiger partial charge in [0.1, 0.15) is 5.76 Å². The van der Waals surface area contributed by atoms with Gasteiger partial charge >= 0.3 is 0 Å². The van der Waals surface area contributed by atoms with Crippen LogP contribution >= 0.6 is 0 Å². The van der Waals surface area contributed by atoms with E-state index in [-0.39, 0.29) is 17.2 Å². The van der Waals surface area contributed by atoms with Crippen LogP contribution in [0.3, 0.4) is 0 Å². The van der Waals surface area contributed by atoms with E-state index >= 15 is 0 Å². The molecule has 0 unspecified atom stereocenters. The summed E-state index contributed by atoms with van der Waals surface area (Å²) < 4.78 is 5.83. The Bertz CT molecular complexity index is 476. The van der Waals surface area contributed by atoms with E-state index in [4.69, 9.17) is 10.2 Å². The summed E-state index contributed by atoms with van der Waals surface area (Å²) in [5.74, 6) is 1.35. The van der Waals surface area contributed by atoms with Gasteiger partial charge in [-0.1, -0.05) is 20.8 Å². The first-order valence-corrected chi connectivity index (χ1v) is 7.26. The number of carbonyl (C=O) groups excluding carboxylic acids is 1. The van der Waals surface area contributed by atoms with Crippen molar-refractivity contribution in [2.24, 2.45) is 11.7 Å². The Morgan fingerprint density at radius 1 is 1.50 bits per heavy atom. The highest BCUT2D eigenvalue weighted by Crippen LogP contribution is 2.26. The second-order valence-electron chi connectivity index (χ2n) is 6.82. The van der Waals surface area contributed by atoms with E-state index in [1.165, 1.54) is 0 Å². The molecule has 1 aliphatic heterocycles. The molecule has 0 aliphatic carbocycles. The summed E-state index contributed by atoms with van der Waals surface area (Å²) in [7, 11) is 0. The summed E-state index contributed by atoms with van der Waals surface area (Å²) in [6.45, 7) is 9.81. The minimum atomic E-state index is -0.204. The molecule has 2 rings (SSSR count). The van der Waals surface area contributed by atoms with E-state index in [1.54, 1.807) is 6.20 Å². The van der Waals surface area contributed by atoms with Crippen LogP contribution in [0, 0.1) is 5.92 Å². The van der Waals surface area contributed by atoms with Crippen LogP contribution in [0.2, 0.25) is 0 Å². The fourth-order valence-electron chi connectivity index (χ4n) is 2.54. The molecule has 0 aromatic carbocycles. The van der Waals surface area contributed by atoms with Crippen LogP contribution < -0.4 is 5.73 Å². The zero-order chi connectivity index (χ0) is 14.9. The number of aromatic nitrogens is 1. The van der Waals surface area contributed by atoms with E-state index in [2.05, 4.69) is 37.6 Å². The highest BCUT2D eigenvalue weighted by Gasteiger charge is 2.29. The molecule has 0 spiro atoms. The molecule has 2 atom stereocenters. The molecule has 1 aromatic heterocycles. The van der Waals surface area contributed by atoms with Crippen molar-refractivity contribution in [1.29, 1.82) is 0 Å². The number of nitrogens with zero attached hydrogens (tertiary/aromatic N) is 2. The molecule has 20 heavy (non-hydrogen) atoms. The third-order valence-electron chi connectivity index (χ3n) is 4.04. The van der Waals surface area contributed by atoms with Crippen molar-refractivity contribution in [3.63, 3.8) is 0 Å². The Hall–Kier alpha value is -1.36. The summed E-state index contributed by atoms with van der Waals surface area (Å²) in [4.78, 5) is 17.9. The van der Waals surface area contributed by atoms with Crippen LogP contribution in [-0.2, 0) is 16.8 Å². The number of rotatable bonds is 3. The summed E-state index contributed by atoms with van der Waals surface area (Å²) >= 11 is 0. The van der Waals surface area contributed by atoms with E-state index in [0.717, 1.165) is 18.6 Å². The highest BCUT2D eigenvalue weighted by molar-refractivity contribution is 5.76. The SMILES string of the molecule is C[C@@H]1CC[C@@H](C(N)=O)CN1Cc1ncc(C(C)(C)C)o1. The standard InChI is InChI=1S/C15H25N3O2/c1-10-5-6-11(14(16)19)8-18(10)9-13-17-7-12(20-13)15(2,3)4/h7,10-11H,5-6,8-9H2,1-4H3,(H2,16,19)/t10-,11-/m1/s1. The van der Waals surface area contributed by atoms with Gasteiger partial charge in [0.05, 0.1) is 18.7 Å². The van der Waals surface area contributed by atoms with Gasteiger partial charge in [-0.15, -0.1) is 0 Å². The van der Waals surface area contributed by atoms with Gasteiger partial charge < -0.3 is 10.2 Å². The summed E-state index contributed by atoms with van der Waals surface area (Å²) in [5.41, 5.74) is 5.39. The minimum Gasteiger partial charge on any atom is -0.444 e. The van der Waals surface area contributed by atoms with Crippen molar-refractivity contribution >= 4 is 5.91 Å². The Balaban J connectivity index is 2.04. The molecule has 2 heterocycles. The number of hydrogen-bond donors (Lipinski definition) is 1. The zero-order valence-corrected chi connectivity index (χ0v) is 12.8. The molecule has 2 N–H and O–H groups in total. The summed E-state index contributed by atoms with van der Waals surface area (Å²) in [5, 5.41) is 0. The molecule has 5 heteroatoms. The molecular formula is C15H25N3O2. The van der Waals surface area contributed by atoms with Gasteiger partial charge in [-0.05, 0) is 19.8 Å². The maximum atomic E-state index is 11.4. The average Bonchev–Trinajstić information content (AvgIpc) is 2.80. The molecule has 1 aromatic rings. The molecule has 1 amide bonds. The Morgan fingerprint density at radius 3 is 2.75 bits per heavy atom. The highest BCUT2D eigenvalue weighted by atomic mass is 16.4. The van der Waals surface area contributed by atoms with E-state index in [9.17, 15) is 4.79 Å². The van der Waals surface area contributed by atoms with Gasteiger partial charge in [0.15, 0.2) is 0 Å². The van der Waals surface area contributed by atoms with Crippen molar-refractivity contribution in [2.45, 2.75) is 58.5 Å². The topological polar surface area (TPSA) is 72.4 Å². The number of oxazole rings is 1. The predicted octanol–water partition coefficient (Wildman–Crippen LogP) is 2.06. The smallest absolute Gasteiger partial charge is 0.221 e. The lowest BCUT2D eigenvalue weighted by Crippen LogP contribution is -2.45. The molecular weight excluding hydrogens is 254 g/mol. The van der Waals surface area contributed by atoms with Crippen molar-refractivity contribution in [2.75, 3.05) is 6.54 Å². The molecule has 0 bridgehead atoms. The first-order chi connectivity index (χ1) is 9.27. The van der Waals surface area contributed by atoms with E-state index in [0.29, 0.717) is 25.0 Å². The molecule has 0 saturated carbocycles. The number of amides is 1. The number of nitrogens with two attached hydrogens (primary N) is 1. The number of primary amides is 1. The van der Waals surface area contributed by atoms with Gasteiger partial charge in [-0.2, -0.15) is 0 Å². The Labute approximate surface area is 120 Å². The monoisotopic (exact) mass is 279 g/mol. The van der Waals surface area contributed by atoms with E-state index < -0.39 is 0 Å². The van der Waals surface area contributed by atoms with Gasteiger partial charge in [-0.25, -0.2) is 4.98 Å². The van der Waals surface area contributed by atoms with Crippen molar-refractivity contribution < 1.29 is 9.21 Å². The lowest BCUT2D eigenvalue weighted by atomic mass is 9.93. The number of hydrogen-bond acceptors (Lipinski definition) is 4. The molecule has 1 aliphatic rings. The third-order valence-corrected chi connectivity index (χ3v) is 4.04. The van der Waals surface area contributed by atoms with E-state index in [1.807, 2.05) is 0 Å². The normalized spacial score (nSPS) is 24.8. The minimum absolute atomic E-state index is 0.0332. The molecule has 112 valence electrons. The number of likely N-dealkylation sites (tertiary alicyclic amines) is 1. The Kier molecular flexibility index (Phi) is 4.18. The third kappa shape index (κ3) is 3.39. The van der Waals surface area contributed by atoms with Gasteiger partial charge in [0.25, 0.3) is 0 Å². The lowest BCUT2D eigenvalue weighted by Gasteiger charge is -2.35. The van der Waals surface area contributed by atoms with Gasteiger partial charge in [0, 0.05) is 18.0 Å². The molecule has 5 nitrogen and oxygen atoms in total. The number of carbonyl (C=O) groups is 1. The molecule has 1 fully saturated rings. The van der Waals surface area contributed by atoms with Crippen LogP contribution in [-0.4, -0.2) is 28.4 Å². The molecule has 1 saturated heterocycles. The number of piperidine rings is 1. The molecule has 0 radical (unpaired) electrons. The van der Waals surface area contributed by atoms with Gasteiger partial charge in [-0.3, -0.25) is 9.69 Å². The van der Waals surface area contributed by atoms with Crippen molar-refractivity contribution in [3.05, 3.63) is 17.8 Å². The fourth-order valence-corrected chi connectivity index (χ4v) is 2.54. The largest absolute Gasteiger partial charge is 0.444 e. The summed E-state index contributed by atoms with van der Waals surface area (Å²) in [6, 6.07) is 0.426. The zero-order valence-electron chi connectivity index (χ0n) is 12.8. The lowest BCUT2D eigenvalue weighted by molar-refractivity contribution is -0.124. The van der Waals surface area contributed by atoms with Crippen molar-refractivity contribution in [3.8, 4) is 0 Å².